The number of hydrogen-bond acceptors (Lipinski definition) is 5. The summed E-state index contributed by atoms with van der Waals surface area (Å²) in [6, 6.07) is 13.6. The maximum atomic E-state index is 14.2. The highest BCUT2D eigenvalue weighted by Gasteiger charge is 2.19. The van der Waals surface area contributed by atoms with E-state index in [-0.39, 0.29) is 17.4 Å². The molecule has 0 amide bonds. The molecule has 1 fully saturated rings. The number of hydrogen-bond donors (Lipinski definition) is 1. The molecule has 8 heteroatoms. The van der Waals surface area contributed by atoms with E-state index >= 15 is 0 Å². The SMILES string of the molecule is CCn1c(=O)c(-c2ccc(-c3ccccc3F)cc2Cl)cc2cnc(N[C@H]3CCOC3)nc21. The second-order valence-electron chi connectivity index (χ2n) is 7.96. The Morgan fingerprint density at radius 2 is 2.03 bits per heavy atom. The van der Waals surface area contributed by atoms with Gasteiger partial charge in [-0.25, -0.2) is 9.37 Å². The summed E-state index contributed by atoms with van der Waals surface area (Å²) >= 11 is 6.58. The van der Waals surface area contributed by atoms with Gasteiger partial charge in [-0.05, 0) is 37.1 Å². The van der Waals surface area contributed by atoms with E-state index in [0.717, 1.165) is 11.8 Å². The maximum Gasteiger partial charge on any atom is 0.260 e. The van der Waals surface area contributed by atoms with Crippen molar-refractivity contribution >= 4 is 28.6 Å². The molecule has 5 rings (SSSR count). The van der Waals surface area contributed by atoms with Crippen LogP contribution in [-0.2, 0) is 11.3 Å². The molecule has 6 nitrogen and oxygen atoms in total. The Labute approximate surface area is 195 Å². The van der Waals surface area contributed by atoms with E-state index in [0.29, 0.717) is 58.6 Å². The van der Waals surface area contributed by atoms with E-state index < -0.39 is 0 Å². The lowest BCUT2D eigenvalue weighted by Crippen LogP contribution is -2.24. The van der Waals surface area contributed by atoms with Crippen LogP contribution in [0.2, 0.25) is 5.02 Å². The molecule has 1 aliphatic heterocycles. The van der Waals surface area contributed by atoms with Gasteiger partial charge in [-0.15, -0.1) is 0 Å². The number of nitrogens with one attached hydrogen (secondary N) is 1. The Balaban J connectivity index is 1.57. The average Bonchev–Trinajstić information content (AvgIpc) is 3.32. The quantitative estimate of drug-likeness (QED) is 0.443. The standard InChI is InChI=1S/C25H22ClFN4O2/c1-2-31-23-16(13-28-25(30-23)29-17-9-10-33-14-17)11-20(24(31)32)19-8-7-15(12-21(19)26)18-5-3-4-6-22(18)27/h3-8,11-13,17H,2,9-10,14H2,1H3,(H,28,29,30)/t17-/m0/s1. The molecule has 168 valence electrons. The second-order valence-corrected chi connectivity index (χ2v) is 8.37. The zero-order valence-electron chi connectivity index (χ0n) is 18.0. The van der Waals surface area contributed by atoms with Crippen LogP contribution in [0.15, 0.2) is 59.5 Å². The van der Waals surface area contributed by atoms with Gasteiger partial charge < -0.3 is 10.1 Å². The van der Waals surface area contributed by atoms with Crippen molar-refractivity contribution in [3.63, 3.8) is 0 Å². The Hall–Kier alpha value is -3.29. The molecule has 0 saturated carbocycles. The molecule has 1 saturated heterocycles. The summed E-state index contributed by atoms with van der Waals surface area (Å²) in [5.74, 6) is 0.144. The van der Waals surface area contributed by atoms with Crippen LogP contribution in [0.5, 0.6) is 0 Å². The molecule has 4 aromatic rings. The number of halogens is 2. The van der Waals surface area contributed by atoms with E-state index in [2.05, 4.69) is 15.3 Å². The number of fused-ring (bicyclic) bond motifs is 1. The van der Waals surface area contributed by atoms with Crippen molar-refractivity contribution in [1.82, 2.24) is 14.5 Å². The summed E-state index contributed by atoms with van der Waals surface area (Å²) in [6.07, 6.45) is 2.60. The number of nitrogens with zero attached hydrogens (tertiary/aromatic N) is 3. The monoisotopic (exact) mass is 464 g/mol. The van der Waals surface area contributed by atoms with Gasteiger partial charge in [-0.3, -0.25) is 9.36 Å². The van der Waals surface area contributed by atoms with Crippen LogP contribution in [0.25, 0.3) is 33.3 Å². The lowest BCUT2D eigenvalue weighted by Gasteiger charge is -2.15. The predicted molar refractivity (Wildman–Crippen MR) is 128 cm³/mol. The third-order valence-corrected chi connectivity index (χ3v) is 6.16. The topological polar surface area (TPSA) is 69.0 Å². The normalized spacial score (nSPS) is 15.8. The molecule has 0 unspecified atom stereocenters. The zero-order chi connectivity index (χ0) is 22.9. The number of rotatable bonds is 5. The highest BCUT2D eigenvalue weighted by atomic mass is 35.5. The molecule has 1 atom stereocenters. The fourth-order valence-corrected chi connectivity index (χ4v) is 4.42. The second kappa shape index (κ2) is 8.92. The van der Waals surface area contributed by atoms with Crippen molar-refractivity contribution in [2.45, 2.75) is 25.9 Å². The first-order valence-electron chi connectivity index (χ1n) is 10.8. The predicted octanol–water partition coefficient (Wildman–Crippen LogP) is 5.14. The Morgan fingerprint density at radius 1 is 1.18 bits per heavy atom. The van der Waals surface area contributed by atoms with E-state index in [9.17, 15) is 9.18 Å². The van der Waals surface area contributed by atoms with Crippen molar-refractivity contribution < 1.29 is 9.13 Å². The molecule has 0 spiro atoms. The fourth-order valence-electron chi connectivity index (χ4n) is 4.14. The van der Waals surface area contributed by atoms with Gasteiger partial charge in [0, 0.05) is 46.4 Å². The highest BCUT2D eigenvalue weighted by molar-refractivity contribution is 6.33. The molecular weight excluding hydrogens is 443 g/mol. The van der Waals surface area contributed by atoms with Crippen LogP contribution in [0.4, 0.5) is 10.3 Å². The Kier molecular flexibility index (Phi) is 5.83. The minimum absolute atomic E-state index is 0.162. The molecule has 0 bridgehead atoms. The third-order valence-electron chi connectivity index (χ3n) is 5.85. The molecular formula is C25H22ClFN4O2. The number of anilines is 1. The first-order valence-corrected chi connectivity index (χ1v) is 11.2. The van der Waals surface area contributed by atoms with Gasteiger partial charge in [0.2, 0.25) is 5.95 Å². The minimum Gasteiger partial charge on any atom is -0.379 e. The summed E-state index contributed by atoms with van der Waals surface area (Å²) in [5.41, 5.74) is 2.49. The van der Waals surface area contributed by atoms with Crippen molar-refractivity contribution in [1.29, 1.82) is 0 Å². The van der Waals surface area contributed by atoms with Crippen LogP contribution in [0.1, 0.15) is 13.3 Å². The van der Waals surface area contributed by atoms with E-state index in [1.165, 1.54) is 6.07 Å². The number of aryl methyl sites for hydroxylation is 1. The molecule has 3 heterocycles. The smallest absolute Gasteiger partial charge is 0.260 e. The molecule has 0 aliphatic carbocycles. The third kappa shape index (κ3) is 4.10. The van der Waals surface area contributed by atoms with Gasteiger partial charge in [0.1, 0.15) is 11.5 Å². The molecule has 0 radical (unpaired) electrons. The van der Waals surface area contributed by atoms with Gasteiger partial charge >= 0.3 is 0 Å². The first kappa shape index (κ1) is 21.6. The average molecular weight is 465 g/mol. The first-order chi connectivity index (χ1) is 16.0. The van der Waals surface area contributed by atoms with Crippen LogP contribution in [0, 0.1) is 5.82 Å². The van der Waals surface area contributed by atoms with Crippen LogP contribution < -0.4 is 10.9 Å². The lowest BCUT2D eigenvalue weighted by molar-refractivity contribution is 0.195. The number of pyridine rings is 1. The number of benzene rings is 2. The molecule has 33 heavy (non-hydrogen) atoms. The summed E-state index contributed by atoms with van der Waals surface area (Å²) in [4.78, 5) is 22.4. The van der Waals surface area contributed by atoms with Crippen LogP contribution in [0.3, 0.4) is 0 Å². The lowest BCUT2D eigenvalue weighted by atomic mass is 10.00. The molecule has 1 aliphatic rings. The van der Waals surface area contributed by atoms with E-state index in [1.807, 2.05) is 6.92 Å². The summed E-state index contributed by atoms with van der Waals surface area (Å²) in [5, 5.41) is 4.37. The van der Waals surface area contributed by atoms with Gasteiger partial charge in [-0.2, -0.15) is 4.98 Å². The van der Waals surface area contributed by atoms with Crippen LogP contribution >= 0.6 is 11.6 Å². The summed E-state index contributed by atoms with van der Waals surface area (Å²) < 4.78 is 21.2. The van der Waals surface area contributed by atoms with E-state index in [4.69, 9.17) is 16.3 Å². The zero-order valence-corrected chi connectivity index (χ0v) is 18.8. The van der Waals surface area contributed by atoms with Crippen molar-refractivity contribution in [3.05, 3.63) is 75.9 Å². The summed E-state index contributed by atoms with van der Waals surface area (Å²) in [7, 11) is 0. The molecule has 1 N–H and O–H groups in total. The number of aromatic nitrogens is 3. The van der Waals surface area contributed by atoms with Crippen molar-refractivity contribution in [2.24, 2.45) is 0 Å². The number of ether oxygens (including phenoxy) is 1. The van der Waals surface area contributed by atoms with Gasteiger partial charge in [0.25, 0.3) is 5.56 Å². The van der Waals surface area contributed by atoms with Gasteiger partial charge in [0.15, 0.2) is 0 Å². The van der Waals surface area contributed by atoms with Crippen LogP contribution in [-0.4, -0.2) is 33.8 Å². The largest absolute Gasteiger partial charge is 0.379 e. The Bertz CT molecular complexity index is 1400. The van der Waals surface area contributed by atoms with Crippen molar-refractivity contribution in [3.8, 4) is 22.3 Å². The molecule has 2 aromatic carbocycles. The van der Waals surface area contributed by atoms with Gasteiger partial charge in [0.05, 0.1) is 12.6 Å². The maximum absolute atomic E-state index is 14.2. The summed E-state index contributed by atoms with van der Waals surface area (Å²) in [6.45, 7) is 3.66. The fraction of sp³-hybridized carbons (Fsp3) is 0.240. The highest BCUT2D eigenvalue weighted by Crippen LogP contribution is 2.33. The minimum atomic E-state index is -0.328. The Morgan fingerprint density at radius 3 is 2.76 bits per heavy atom. The molecule has 2 aromatic heterocycles. The van der Waals surface area contributed by atoms with E-state index in [1.54, 1.807) is 53.2 Å². The van der Waals surface area contributed by atoms with Gasteiger partial charge in [-0.1, -0.05) is 41.9 Å². The van der Waals surface area contributed by atoms with Crippen molar-refractivity contribution in [2.75, 3.05) is 18.5 Å².